The molecular weight excluding hydrogens is 270 g/mol. The highest BCUT2D eigenvalue weighted by atomic mass is 15.1. The Morgan fingerprint density at radius 2 is 1.59 bits per heavy atom. The van der Waals surface area contributed by atoms with Crippen molar-refractivity contribution >= 4 is 11.0 Å². The van der Waals surface area contributed by atoms with Crippen molar-refractivity contribution in [2.45, 2.75) is 78.8 Å². The normalized spacial score (nSPS) is 11.5. The third-order valence-corrected chi connectivity index (χ3v) is 4.61. The molecule has 122 valence electrons. The lowest BCUT2D eigenvalue weighted by molar-refractivity contribution is 0.546. The molecule has 0 unspecified atom stereocenters. The first-order chi connectivity index (χ1) is 10.7. The van der Waals surface area contributed by atoms with Gasteiger partial charge in [-0.3, -0.25) is 0 Å². The van der Waals surface area contributed by atoms with Crippen LogP contribution in [0.1, 0.15) is 68.8 Å². The number of fused-ring (bicyclic) bond motifs is 1. The van der Waals surface area contributed by atoms with E-state index in [1.165, 1.54) is 61.6 Å². The number of nitrogens with two attached hydrogens (primary N) is 1. The van der Waals surface area contributed by atoms with Crippen molar-refractivity contribution in [1.29, 1.82) is 0 Å². The van der Waals surface area contributed by atoms with Gasteiger partial charge in [0.05, 0.1) is 17.6 Å². The van der Waals surface area contributed by atoms with Crippen molar-refractivity contribution in [2.75, 3.05) is 0 Å². The molecule has 2 rings (SSSR count). The lowest BCUT2D eigenvalue weighted by Gasteiger charge is -2.09. The second kappa shape index (κ2) is 8.33. The Labute approximate surface area is 134 Å². The molecule has 0 spiro atoms. The number of imidazole rings is 1. The zero-order valence-corrected chi connectivity index (χ0v) is 14.5. The topological polar surface area (TPSA) is 43.8 Å². The van der Waals surface area contributed by atoms with E-state index in [1.807, 2.05) is 0 Å². The van der Waals surface area contributed by atoms with Crippen LogP contribution in [0, 0.1) is 13.8 Å². The fraction of sp³-hybridized carbons (Fsp3) is 0.632. The molecule has 1 heterocycles. The van der Waals surface area contributed by atoms with Gasteiger partial charge in [-0.05, 0) is 43.5 Å². The van der Waals surface area contributed by atoms with Gasteiger partial charge in [0.15, 0.2) is 0 Å². The van der Waals surface area contributed by atoms with E-state index in [1.54, 1.807) is 0 Å². The van der Waals surface area contributed by atoms with Crippen molar-refractivity contribution in [3.8, 4) is 0 Å². The van der Waals surface area contributed by atoms with Gasteiger partial charge in [-0.1, -0.05) is 45.4 Å². The lowest BCUT2D eigenvalue weighted by Crippen LogP contribution is -2.08. The van der Waals surface area contributed by atoms with E-state index in [-0.39, 0.29) is 0 Å². The maximum absolute atomic E-state index is 5.89. The van der Waals surface area contributed by atoms with Gasteiger partial charge in [0.25, 0.3) is 0 Å². The van der Waals surface area contributed by atoms with Crippen LogP contribution in [0.4, 0.5) is 0 Å². The molecule has 2 N–H and O–H groups in total. The first kappa shape index (κ1) is 17.0. The second-order valence-electron chi connectivity index (χ2n) is 6.43. The van der Waals surface area contributed by atoms with Crippen molar-refractivity contribution < 1.29 is 0 Å². The number of rotatable bonds is 9. The Morgan fingerprint density at radius 3 is 2.27 bits per heavy atom. The van der Waals surface area contributed by atoms with Crippen LogP contribution in [0.15, 0.2) is 12.1 Å². The molecule has 0 aliphatic heterocycles. The predicted molar refractivity (Wildman–Crippen MR) is 95.1 cm³/mol. The van der Waals surface area contributed by atoms with Crippen molar-refractivity contribution in [1.82, 2.24) is 9.55 Å². The van der Waals surface area contributed by atoms with Crippen molar-refractivity contribution in [2.24, 2.45) is 5.73 Å². The molecule has 0 aliphatic carbocycles. The summed E-state index contributed by atoms with van der Waals surface area (Å²) in [6, 6.07) is 4.45. The molecule has 0 radical (unpaired) electrons. The summed E-state index contributed by atoms with van der Waals surface area (Å²) in [6.45, 7) is 8.14. The summed E-state index contributed by atoms with van der Waals surface area (Å²) < 4.78 is 2.33. The Bertz CT molecular complexity index is 598. The monoisotopic (exact) mass is 301 g/mol. The molecule has 0 saturated carbocycles. The summed E-state index contributed by atoms with van der Waals surface area (Å²) in [5.74, 6) is 1.02. The molecule has 22 heavy (non-hydrogen) atoms. The smallest absolute Gasteiger partial charge is 0.123 e. The van der Waals surface area contributed by atoms with Crippen LogP contribution in [0.25, 0.3) is 11.0 Å². The minimum Gasteiger partial charge on any atom is -0.327 e. The van der Waals surface area contributed by atoms with Gasteiger partial charge in [-0.2, -0.15) is 0 Å². The van der Waals surface area contributed by atoms with E-state index in [9.17, 15) is 0 Å². The predicted octanol–water partition coefficient (Wildman–Crippen LogP) is 4.86. The summed E-state index contributed by atoms with van der Waals surface area (Å²) >= 11 is 0. The Hall–Kier alpha value is -1.35. The van der Waals surface area contributed by atoms with Crippen LogP contribution in [0.3, 0.4) is 0 Å². The van der Waals surface area contributed by atoms with Crippen LogP contribution in [0.2, 0.25) is 0 Å². The molecule has 2 aromatic rings. The fourth-order valence-corrected chi connectivity index (χ4v) is 3.06. The Morgan fingerprint density at radius 1 is 0.955 bits per heavy atom. The Balaban J connectivity index is 1.99. The van der Waals surface area contributed by atoms with Crippen LogP contribution in [-0.2, 0) is 13.1 Å². The highest BCUT2D eigenvalue weighted by Gasteiger charge is 2.10. The highest BCUT2D eigenvalue weighted by molar-refractivity contribution is 5.78. The van der Waals surface area contributed by atoms with Gasteiger partial charge in [0, 0.05) is 6.54 Å². The molecule has 1 aromatic heterocycles. The average molecular weight is 301 g/mol. The number of hydrogen-bond donors (Lipinski definition) is 1. The van der Waals surface area contributed by atoms with Crippen LogP contribution in [0.5, 0.6) is 0 Å². The molecule has 0 aliphatic rings. The molecule has 3 heteroatoms. The molecule has 0 atom stereocenters. The number of hydrogen-bond acceptors (Lipinski definition) is 2. The van der Waals surface area contributed by atoms with Crippen LogP contribution < -0.4 is 5.73 Å². The van der Waals surface area contributed by atoms with Gasteiger partial charge in [0.1, 0.15) is 5.82 Å². The minimum absolute atomic E-state index is 0.517. The van der Waals surface area contributed by atoms with Crippen molar-refractivity contribution in [3.63, 3.8) is 0 Å². The summed E-state index contributed by atoms with van der Waals surface area (Å²) in [7, 11) is 0. The molecule has 1 aromatic carbocycles. The van der Waals surface area contributed by atoms with E-state index in [0.29, 0.717) is 6.54 Å². The highest BCUT2D eigenvalue weighted by Crippen LogP contribution is 2.21. The first-order valence-corrected chi connectivity index (χ1v) is 8.83. The van der Waals surface area contributed by atoms with Gasteiger partial charge < -0.3 is 10.3 Å². The third-order valence-electron chi connectivity index (χ3n) is 4.61. The molecular formula is C19H31N3. The minimum atomic E-state index is 0.517. The second-order valence-corrected chi connectivity index (χ2v) is 6.43. The summed E-state index contributed by atoms with van der Waals surface area (Å²) in [5.41, 5.74) is 10.9. The fourth-order valence-electron chi connectivity index (χ4n) is 3.06. The molecule has 0 fully saturated rings. The number of unbranched alkanes of at least 4 members (excludes halogenated alkanes) is 6. The van der Waals surface area contributed by atoms with E-state index in [0.717, 1.165) is 17.9 Å². The van der Waals surface area contributed by atoms with E-state index in [4.69, 9.17) is 10.7 Å². The van der Waals surface area contributed by atoms with Gasteiger partial charge in [0.2, 0.25) is 0 Å². The third kappa shape index (κ3) is 4.10. The number of benzene rings is 1. The number of nitrogens with zero attached hydrogens (tertiary/aromatic N) is 2. The molecule has 3 nitrogen and oxygen atoms in total. The quantitative estimate of drug-likeness (QED) is 0.672. The lowest BCUT2D eigenvalue weighted by atomic mass is 10.1. The molecule has 0 bridgehead atoms. The molecule has 0 amide bonds. The van der Waals surface area contributed by atoms with Gasteiger partial charge in [-0.15, -0.1) is 0 Å². The largest absolute Gasteiger partial charge is 0.327 e. The zero-order valence-electron chi connectivity index (χ0n) is 14.5. The summed E-state index contributed by atoms with van der Waals surface area (Å²) in [6.07, 6.45) is 9.33. The maximum atomic E-state index is 5.89. The number of aryl methyl sites for hydroxylation is 3. The number of aromatic nitrogens is 2. The summed E-state index contributed by atoms with van der Waals surface area (Å²) in [5, 5.41) is 0. The summed E-state index contributed by atoms with van der Waals surface area (Å²) in [4.78, 5) is 4.71. The standard InChI is InChI=1S/C19H31N3/c1-4-5-6-7-8-9-10-11-22-18-13-16(3)15(2)12-17(18)21-19(22)14-20/h12-13H,4-11,14,20H2,1-3H3. The van der Waals surface area contributed by atoms with E-state index >= 15 is 0 Å². The van der Waals surface area contributed by atoms with E-state index in [2.05, 4.69) is 37.5 Å². The Kier molecular flexibility index (Phi) is 6.44. The molecule has 0 saturated heterocycles. The maximum Gasteiger partial charge on any atom is 0.123 e. The van der Waals surface area contributed by atoms with Crippen LogP contribution in [-0.4, -0.2) is 9.55 Å². The zero-order chi connectivity index (χ0) is 15.9. The van der Waals surface area contributed by atoms with Gasteiger partial charge >= 0.3 is 0 Å². The van der Waals surface area contributed by atoms with Gasteiger partial charge in [-0.25, -0.2) is 4.98 Å². The first-order valence-electron chi connectivity index (χ1n) is 8.83. The van der Waals surface area contributed by atoms with Crippen LogP contribution >= 0.6 is 0 Å². The average Bonchev–Trinajstić information content (AvgIpc) is 2.84. The van der Waals surface area contributed by atoms with E-state index < -0.39 is 0 Å². The SMILES string of the molecule is CCCCCCCCCn1c(CN)nc2cc(C)c(C)cc21. The van der Waals surface area contributed by atoms with Crippen molar-refractivity contribution in [3.05, 3.63) is 29.1 Å².